The smallest absolute Gasteiger partial charge is 0.307 e. The quantitative estimate of drug-likeness (QED) is 0.334. The first-order valence-electron chi connectivity index (χ1n) is 7.74. The van der Waals surface area contributed by atoms with Crippen LogP contribution in [0.5, 0.6) is 0 Å². The van der Waals surface area contributed by atoms with E-state index in [1.165, 1.54) is 18.5 Å². The van der Waals surface area contributed by atoms with Crippen molar-refractivity contribution < 1.29 is 19.1 Å². The highest BCUT2D eigenvalue weighted by molar-refractivity contribution is 6.04. The van der Waals surface area contributed by atoms with Gasteiger partial charge in [-0.2, -0.15) is 0 Å². The van der Waals surface area contributed by atoms with Crippen molar-refractivity contribution in [2.75, 3.05) is 6.73 Å². The fraction of sp³-hybridized carbons (Fsp3) is 0.222. The van der Waals surface area contributed by atoms with Crippen LogP contribution >= 0.6 is 0 Å². The maximum Gasteiger partial charge on any atom is 0.307 e. The molecule has 0 saturated heterocycles. The second-order valence-electron chi connectivity index (χ2n) is 5.18. The average Bonchev–Trinajstić information content (AvgIpc) is 3.07. The van der Waals surface area contributed by atoms with Crippen LogP contribution in [0.15, 0.2) is 55.0 Å². The van der Waals surface area contributed by atoms with Crippen LogP contribution in [0.1, 0.15) is 34.3 Å². The fourth-order valence-electron chi connectivity index (χ4n) is 1.97. The number of allylic oxidation sites excluding steroid dienone is 1. The van der Waals surface area contributed by atoms with E-state index in [0.29, 0.717) is 5.56 Å². The molecule has 0 aliphatic heterocycles. The predicted molar refractivity (Wildman–Crippen MR) is 90.5 cm³/mol. The lowest BCUT2D eigenvalue weighted by Gasteiger charge is -2.17. The zero-order valence-electron chi connectivity index (χ0n) is 14.1. The van der Waals surface area contributed by atoms with Crippen LogP contribution in [0, 0.1) is 0 Å². The number of aryl methyl sites for hydroxylation is 1. The largest absolute Gasteiger partial charge is 0.444 e. The molecule has 0 unspecified atom stereocenters. The van der Waals surface area contributed by atoms with Gasteiger partial charge in [-0.05, 0) is 0 Å². The summed E-state index contributed by atoms with van der Waals surface area (Å²) < 4.78 is 6.56. The van der Waals surface area contributed by atoms with E-state index in [1.807, 2.05) is 6.07 Å². The molecule has 0 N–H and O–H groups in total. The summed E-state index contributed by atoms with van der Waals surface area (Å²) in [5.41, 5.74) is 0.494. The number of aromatic nitrogens is 2. The molecule has 0 bridgehead atoms. The van der Waals surface area contributed by atoms with Gasteiger partial charge in [0.05, 0.1) is 0 Å². The van der Waals surface area contributed by atoms with E-state index >= 15 is 0 Å². The topological polar surface area (TPSA) is 81.5 Å². The minimum atomic E-state index is -0.478. The molecule has 1 aromatic carbocycles. The van der Waals surface area contributed by atoms with Crippen LogP contribution in [-0.2, 0) is 16.6 Å². The maximum absolute atomic E-state index is 12.6. The number of imidazole rings is 1. The third-order valence-electron chi connectivity index (χ3n) is 3.39. The van der Waals surface area contributed by atoms with E-state index < -0.39 is 11.9 Å². The van der Waals surface area contributed by atoms with Crippen molar-refractivity contribution in [1.82, 2.24) is 14.5 Å². The SMILES string of the molecule is CCC(=O)OCN(/C=C/C(=O)c1ccccc1)C(=O)c1nccn1C. The molecule has 1 amide bonds. The molecule has 1 heterocycles. The molecule has 7 nitrogen and oxygen atoms in total. The Kier molecular flexibility index (Phi) is 6.22. The van der Waals surface area contributed by atoms with Gasteiger partial charge in [0.1, 0.15) is 0 Å². The second-order valence-corrected chi connectivity index (χ2v) is 5.18. The van der Waals surface area contributed by atoms with Crippen LogP contribution in [0.2, 0.25) is 0 Å². The molecule has 7 heteroatoms. The first-order chi connectivity index (χ1) is 12.0. The normalized spacial score (nSPS) is 10.6. The van der Waals surface area contributed by atoms with Gasteiger partial charge >= 0.3 is 5.97 Å². The summed E-state index contributed by atoms with van der Waals surface area (Å²) in [6, 6.07) is 8.66. The van der Waals surface area contributed by atoms with Crippen molar-refractivity contribution >= 4 is 17.7 Å². The Morgan fingerprint density at radius 1 is 1.24 bits per heavy atom. The van der Waals surface area contributed by atoms with Crippen LogP contribution < -0.4 is 0 Å². The standard InChI is InChI=1S/C18H19N3O4/c1-3-16(23)25-13-21(18(24)17-19-10-12-20(17)2)11-9-15(22)14-7-5-4-6-8-14/h4-12H,3,13H2,1-2H3/b11-9+. The number of rotatable bonds is 7. The molecule has 0 saturated carbocycles. The van der Waals surface area contributed by atoms with Crippen molar-refractivity contribution in [3.05, 3.63) is 66.4 Å². The van der Waals surface area contributed by atoms with Crippen molar-refractivity contribution in [1.29, 1.82) is 0 Å². The highest BCUT2D eigenvalue weighted by Gasteiger charge is 2.19. The number of hydrogen-bond donors (Lipinski definition) is 0. The lowest BCUT2D eigenvalue weighted by Crippen LogP contribution is -2.31. The number of esters is 1. The summed E-state index contributed by atoms with van der Waals surface area (Å²) in [6.07, 6.45) is 5.87. The Bertz CT molecular complexity index is 781. The number of ketones is 1. The molecule has 2 aromatic rings. The van der Waals surface area contributed by atoms with Gasteiger partial charge in [-0.3, -0.25) is 19.3 Å². The van der Waals surface area contributed by atoms with Gasteiger partial charge in [0.2, 0.25) is 0 Å². The van der Waals surface area contributed by atoms with Crippen LogP contribution in [0.25, 0.3) is 0 Å². The Hall–Kier alpha value is -3.22. The van der Waals surface area contributed by atoms with Gasteiger partial charge in [-0.1, -0.05) is 37.3 Å². The van der Waals surface area contributed by atoms with Crippen LogP contribution in [-0.4, -0.2) is 38.8 Å². The van der Waals surface area contributed by atoms with Crippen LogP contribution in [0.3, 0.4) is 0 Å². The van der Waals surface area contributed by atoms with Gasteiger partial charge in [-0.15, -0.1) is 0 Å². The van der Waals surface area contributed by atoms with E-state index in [2.05, 4.69) is 4.98 Å². The van der Waals surface area contributed by atoms with E-state index in [-0.39, 0.29) is 24.8 Å². The predicted octanol–water partition coefficient (Wildman–Crippen LogP) is 2.17. The lowest BCUT2D eigenvalue weighted by atomic mass is 10.1. The molecular weight excluding hydrogens is 322 g/mol. The monoisotopic (exact) mass is 341 g/mol. The Morgan fingerprint density at radius 2 is 1.96 bits per heavy atom. The number of nitrogens with zero attached hydrogens (tertiary/aromatic N) is 3. The summed E-state index contributed by atoms with van der Waals surface area (Å²) in [5, 5.41) is 0. The fourth-order valence-corrected chi connectivity index (χ4v) is 1.97. The van der Waals surface area contributed by atoms with Crippen molar-refractivity contribution in [2.24, 2.45) is 7.05 Å². The highest BCUT2D eigenvalue weighted by Crippen LogP contribution is 2.06. The van der Waals surface area contributed by atoms with E-state index in [1.54, 1.807) is 49.0 Å². The van der Waals surface area contributed by atoms with E-state index in [0.717, 1.165) is 4.90 Å². The summed E-state index contributed by atoms with van der Waals surface area (Å²) in [6.45, 7) is 1.36. The molecule has 0 aliphatic carbocycles. The third kappa shape index (κ3) is 4.87. The molecular formula is C18H19N3O4. The lowest BCUT2D eigenvalue weighted by molar-refractivity contribution is -0.146. The van der Waals surface area contributed by atoms with Crippen molar-refractivity contribution in [3.8, 4) is 0 Å². The van der Waals surface area contributed by atoms with E-state index in [9.17, 15) is 14.4 Å². The molecule has 0 aliphatic rings. The molecule has 2 rings (SSSR count). The molecule has 0 radical (unpaired) electrons. The first-order valence-corrected chi connectivity index (χ1v) is 7.74. The number of ether oxygens (including phenoxy) is 1. The number of carbonyl (C=O) groups is 3. The summed E-state index contributed by atoms with van der Waals surface area (Å²) in [5.74, 6) is -1.02. The van der Waals surface area contributed by atoms with E-state index in [4.69, 9.17) is 4.74 Å². The van der Waals surface area contributed by atoms with Gasteiger partial charge in [0.15, 0.2) is 18.3 Å². The highest BCUT2D eigenvalue weighted by atomic mass is 16.5. The minimum Gasteiger partial charge on any atom is -0.444 e. The van der Waals surface area contributed by atoms with Crippen molar-refractivity contribution in [2.45, 2.75) is 13.3 Å². The Balaban J connectivity index is 2.17. The number of hydrogen-bond acceptors (Lipinski definition) is 5. The van der Waals surface area contributed by atoms with Gasteiger partial charge in [0.25, 0.3) is 5.91 Å². The van der Waals surface area contributed by atoms with Gasteiger partial charge in [0, 0.05) is 43.7 Å². The third-order valence-corrected chi connectivity index (χ3v) is 3.39. The number of amides is 1. The second kappa shape index (κ2) is 8.58. The Labute approximate surface area is 145 Å². The zero-order chi connectivity index (χ0) is 18.2. The summed E-state index contributed by atoms with van der Waals surface area (Å²) in [4.78, 5) is 41.2. The Morgan fingerprint density at radius 3 is 2.56 bits per heavy atom. The summed E-state index contributed by atoms with van der Waals surface area (Å²) in [7, 11) is 1.68. The summed E-state index contributed by atoms with van der Waals surface area (Å²) >= 11 is 0. The molecule has 130 valence electrons. The molecule has 1 aromatic heterocycles. The van der Waals surface area contributed by atoms with Gasteiger partial charge < -0.3 is 9.30 Å². The van der Waals surface area contributed by atoms with Crippen molar-refractivity contribution in [3.63, 3.8) is 0 Å². The zero-order valence-corrected chi connectivity index (χ0v) is 14.1. The van der Waals surface area contributed by atoms with Gasteiger partial charge in [-0.25, -0.2) is 4.98 Å². The minimum absolute atomic E-state index is 0.171. The molecule has 25 heavy (non-hydrogen) atoms. The molecule has 0 fully saturated rings. The van der Waals surface area contributed by atoms with Crippen LogP contribution in [0.4, 0.5) is 0 Å². The maximum atomic E-state index is 12.6. The average molecular weight is 341 g/mol. The first kappa shape index (κ1) is 18.1. The molecule has 0 atom stereocenters. The molecule has 0 spiro atoms. The number of carbonyl (C=O) groups excluding carboxylic acids is 3. The number of benzene rings is 1.